The molecular weight excluding hydrogens is 394 g/mol. The highest BCUT2D eigenvalue weighted by atomic mass is 16.5. The molecule has 0 saturated carbocycles. The zero-order chi connectivity index (χ0) is 22.4. The number of nitrogens with two attached hydrogens (primary N) is 1. The highest BCUT2D eigenvalue weighted by Gasteiger charge is 2.20. The summed E-state index contributed by atoms with van der Waals surface area (Å²) in [6.45, 7) is 5.11. The number of aryl methyl sites for hydroxylation is 1. The standard InChI is InChI=1S/C20H25N3O7/c1-10-11(2)19(27)30-16-9-13(6-7-14(10)16)29-12(3)17(24)23-15(18(25)26)5-4-8-22-20(21)28/h6-7,9,12,15H,4-5,8H2,1-3H3,(H,23,24)(H,25,26)(H3,21,22,28)/p-1/t12-,15+/m0/s1. The van der Waals surface area contributed by atoms with Crippen LogP contribution in [0.3, 0.4) is 0 Å². The molecule has 2 aromatic rings. The van der Waals surface area contributed by atoms with Gasteiger partial charge in [0.05, 0.1) is 12.0 Å². The Labute approximate surface area is 172 Å². The van der Waals surface area contributed by atoms with E-state index < -0.39 is 35.7 Å². The zero-order valence-corrected chi connectivity index (χ0v) is 16.9. The van der Waals surface area contributed by atoms with E-state index in [1.165, 1.54) is 13.0 Å². The van der Waals surface area contributed by atoms with Gasteiger partial charge in [-0.15, -0.1) is 0 Å². The molecule has 0 unspecified atom stereocenters. The van der Waals surface area contributed by atoms with Gasteiger partial charge in [-0.05, 0) is 51.3 Å². The Bertz CT molecular complexity index is 1020. The Kier molecular flexibility index (Phi) is 7.40. The monoisotopic (exact) mass is 418 g/mol. The molecule has 162 valence electrons. The number of carbonyl (C=O) groups is 3. The Morgan fingerprint density at radius 1 is 1.23 bits per heavy atom. The van der Waals surface area contributed by atoms with Crippen LogP contribution in [-0.4, -0.2) is 36.6 Å². The smallest absolute Gasteiger partial charge is 0.339 e. The summed E-state index contributed by atoms with van der Waals surface area (Å²) < 4.78 is 10.8. The molecule has 10 heteroatoms. The number of ether oxygens (including phenoxy) is 1. The van der Waals surface area contributed by atoms with Crippen LogP contribution in [0.25, 0.3) is 11.0 Å². The number of amides is 3. The number of carbonyl (C=O) groups excluding carboxylic acids is 3. The number of hydrogen-bond acceptors (Lipinski definition) is 7. The summed E-state index contributed by atoms with van der Waals surface area (Å²) in [4.78, 5) is 46.1. The van der Waals surface area contributed by atoms with E-state index in [-0.39, 0.29) is 25.1 Å². The quantitative estimate of drug-likeness (QED) is 0.377. The maximum atomic E-state index is 12.3. The number of benzene rings is 1. The second-order valence-electron chi connectivity index (χ2n) is 6.87. The van der Waals surface area contributed by atoms with Crippen molar-refractivity contribution in [3.63, 3.8) is 0 Å². The molecular formula is C20H24N3O7-. The van der Waals surface area contributed by atoms with Gasteiger partial charge in [0.25, 0.3) is 5.91 Å². The molecule has 0 aliphatic carbocycles. The molecule has 0 aliphatic rings. The third-order valence-electron chi connectivity index (χ3n) is 4.68. The first-order valence-electron chi connectivity index (χ1n) is 9.35. The van der Waals surface area contributed by atoms with Crippen LogP contribution >= 0.6 is 0 Å². The van der Waals surface area contributed by atoms with Crippen molar-refractivity contribution >= 4 is 28.9 Å². The van der Waals surface area contributed by atoms with E-state index in [4.69, 9.17) is 14.9 Å². The lowest BCUT2D eigenvalue weighted by Crippen LogP contribution is -2.51. The summed E-state index contributed by atoms with van der Waals surface area (Å²) in [6.07, 6.45) is -0.702. The van der Waals surface area contributed by atoms with E-state index >= 15 is 0 Å². The van der Waals surface area contributed by atoms with E-state index in [1.807, 2.05) is 6.92 Å². The van der Waals surface area contributed by atoms with Crippen molar-refractivity contribution in [1.82, 2.24) is 10.6 Å². The number of urea groups is 1. The van der Waals surface area contributed by atoms with Gasteiger partial charge in [-0.2, -0.15) is 0 Å². The van der Waals surface area contributed by atoms with Crippen LogP contribution in [0.15, 0.2) is 27.4 Å². The molecule has 4 N–H and O–H groups in total. The first-order chi connectivity index (χ1) is 14.1. The van der Waals surface area contributed by atoms with Gasteiger partial charge in [-0.25, -0.2) is 9.59 Å². The van der Waals surface area contributed by atoms with Gasteiger partial charge in [-0.3, -0.25) is 4.79 Å². The number of hydrogen-bond donors (Lipinski definition) is 3. The lowest BCUT2D eigenvalue weighted by atomic mass is 10.1. The average Bonchev–Trinajstić information content (AvgIpc) is 2.67. The molecule has 1 aromatic heterocycles. The Balaban J connectivity index is 2.03. The average molecular weight is 418 g/mol. The predicted molar refractivity (Wildman–Crippen MR) is 106 cm³/mol. The fraction of sp³-hybridized carbons (Fsp3) is 0.400. The summed E-state index contributed by atoms with van der Waals surface area (Å²) >= 11 is 0. The van der Waals surface area contributed by atoms with Crippen LogP contribution in [-0.2, 0) is 9.59 Å². The van der Waals surface area contributed by atoms with Gasteiger partial charge in [0.15, 0.2) is 6.10 Å². The number of primary amides is 1. The van der Waals surface area contributed by atoms with Gasteiger partial charge in [-0.1, -0.05) is 0 Å². The van der Waals surface area contributed by atoms with Crippen LogP contribution < -0.4 is 31.8 Å². The molecule has 30 heavy (non-hydrogen) atoms. The van der Waals surface area contributed by atoms with Gasteiger partial charge in [0.2, 0.25) is 0 Å². The Hall–Kier alpha value is -3.56. The van der Waals surface area contributed by atoms with Crippen molar-refractivity contribution in [2.24, 2.45) is 5.73 Å². The summed E-state index contributed by atoms with van der Waals surface area (Å²) in [7, 11) is 0. The Morgan fingerprint density at radius 3 is 2.57 bits per heavy atom. The van der Waals surface area contributed by atoms with Crippen LogP contribution in [0.4, 0.5) is 4.79 Å². The van der Waals surface area contributed by atoms with E-state index in [1.54, 1.807) is 19.1 Å². The molecule has 10 nitrogen and oxygen atoms in total. The summed E-state index contributed by atoms with van der Waals surface area (Å²) in [5, 5.41) is 16.7. The second kappa shape index (κ2) is 9.77. The van der Waals surface area contributed by atoms with Gasteiger partial charge < -0.3 is 35.4 Å². The third kappa shape index (κ3) is 5.72. The minimum atomic E-state index is -1.45. The largest absolute Gasteiger partial charge is 0.548 e. The van der Waals surface area contributed by atoms with Crippen molar-refractivity contribution in [3.05, 3.63) is 39.7 Å². The zero-order valence-electron chi connectivity index (χ0n) is 16.9. The molecule has 2 rings (SSSR count). The Morgan fingerprint density at radius 2 is 1.93 bits per heavy atom. The van der Waals surface area contributed by atoms with E-state index in [0.29, 0.717) is 11.1 Å². The number of fused-ring (bicyclic) bond motifs is 1. The lowest BCUT2D eigenvalue weighted by molar-refractivity contribution is -0.308. The molecule has 2 atom stereocenters. The van der Waals surface area contributed by atoms with Crippen LogP contribution in [0, 0.1) is 13.8 Å². The highest BCUT2D eigenvalue weighted by molar-refractivity contribution is 5.86. The molecule has 0 aliphatic heterocycles. The van der Waals surface area contributed by atoms with Crippen LogP contribution in [0.2, 0.25) is 0 Å². The molecule has 0 bridgehead atoms. The maximum absolute atomic E-state index is 12.3. The fourth-order valence-corrected chi connectivity index (χ4v) is 2.82. The lowest BCUT2D eigenvalue weighted by Gasteiger charge is -2.22. The molecule has 3 amide bonds. The first-order valence-corrected chi connectivity index (χ1v) is 9.35. The van der Waals surface area contributed by atoms with Crippen LogP contribution in [0.1, 0.15) is 30.9 Å². The third-order valence-corrected chi connectivity index (χ3v) is 4.68. The molecule has 0 spiro atoms. The van der Waals surface area contributed by atoms with Gasteiger partial charge >= 0.3 is 11.7 Å². The van der Waals surface area contributed by atoms with Gasteiger partial charge in [0, 0.05) is 23.6 Å². The minimum absolute atomic E-state index is 0.0425. The summed E-state index contributed by atoms with van der Waals surface area (Å²) in [5.74, 6) is -1.83. The normalized spacial score (nSPS) is 12.8. The first kappa shape index (κ1) is 22.7. The molecule has 0 saturated heterocycles. The maximum Gasteiger partial charge on any atom is 0.339 e. The number of aliphatic carboxylic acids is 1. The molecule has 1 heterocycles. The molecule has 0 fully saturated rings. The highest BCUT2D eigenvalue weighted by Crippen LogP contribution is 2.24. The predicted octanol–water partition coefficient (Wildman–Crippen LogP) is -0.140. The van der Waals surface area contributed by atoms with Crippen molar-refractivity contribution < 1.29 is 28.6 Å². The van der Waals surface area contributed by atoms with Crippen molar-refractivity contribution in [2.75, 3.05) is 6.54 Å². The number of carboxylic acid groups (broad SMARTS) is 1. The van der Waals surface area contributed by atoms with Crippen molar-refractivity contribution in [2.45, 2.75) is 45.8 Å². The van der Waals surface area contributed by atoms with Crippen LogP contribution in [0.5, 0.6) is 5.75 Å². The van der Waals surface area contributed by atoms with E-state index in [0.717, 1.165) is 10.9 Å². The summed E-state index contributed by atoms with van der Waals surface area (Å²) in [6, 6.07) is 2.88. The number of rotatable bonds is 9. The summed E-state index contributed by atoms with van der Waals surface area (Å²) in [5.41, 5.74) is 6.11. The fourth-order valence-electron chi connectivity index (χ4n) is 2.82. The SMILES string of the molecule is Cc1c(C)c2ccc(O[C@@H](C)C(=O)N[C@H](CCCNC(N)=O)C(=O)[O-])cc2oc1=O. The molecule has 0 radical (unpaired) electrons. The molecule has 1 aromatic carbocycles. The second-order valence-corrected chi connectivity index (χ2v) is 6.87. The van der Waals surface area contributed by atoms with Crippen molar-refractivity contribution in [3.8, 4) is 5.75 Å². The van der Waals surface area contributed by atoms with Crippen molar-refractivity contribution in [1.29, 1.82) is 0 Å². The number of carboxylic acids is 1. The minimum Gasteiger partial charge on any atom is -0.548 e. The topological polar surface area (TPSA) is 164 Å². The number of nitrogens with one attached hydrogen (secondary N) is 2. The van der Waals surface area contributed by atoms with Gasteiger partial charge in [0.1, 0.15) is 11.3 Å². The van der Waals surface area contributed by atoms with E-state index in [9.17, 15) is 24.3 Å². The van der Waals surface area contributed by atoms with E-state index in [2.05, 4.69) is 10.6 Å².